The lowest BCUT2D eigenvalue weighted by atomic mass is 10.4. The van der Waals surface area contributed by atoms with Crippen LogP contribution in [0.15, 0.2) is 0 Å². The molecule has 5 heteroatoms. The van der Waals surface area contributed by atoms with Crippen LogP contribution in [0.25, 0.3) is 0 Å². The van der Waals surface area contributed by atoms with Gasteiger partial charge < -0.3 is 0 Å². The van der Waals surface area contributed by atoms with Gasteiger partial charge in [-0.2, -0.15) is 5.48 Å². The third-order valence-electron chi connectivity index (χ3n) is 0.716. The molecule has 8 heavy (non-hydrogen) atoms. The molecule has 0 aliphatic carbocycles. The lowest BCUT2D eigenvalue weighted by Gasteiger charge is -1.99. The van der Waals surface area contributed by atoms with Gasteiger partial charge in [0.1, 0.15) is 6.61 Å². The number of alkyl halides is 2. The lowest BCUT2D eigenvalue weighted by molar-refractivity contribution is -0.00607. The Kier molecular flexibility index (Phi) is 2.59. The first-order valence-corrected chi connectivity index (χ1v) is 1.93. The van der Waals surface area contributed by atoms with Crippen LogP contribution in [0.3, 0.4) is 0 Å². The van der Waals surface area contributed by atoms with Crippen LogP contribution in [-0.4, -0.2) is 19.1 Å². The number of hydrogen-bond donors (Lipinski definition) is 1. The van der Waals surface area contributed by atoms with Gasteiger partial charge in [-0.1, -0.05) is 0 Å². The van der Waals surface area contributed by atoms with Gasteiger partial charge in [0, 0.05) is 0 Å². The summed E-state index contributed by atoms with van der Waals surface area (Å²) in [6.45, 7) is -0.847. The first-order chi connectivity index (χ1) is 3.21. The first kappa shape index (κ1) is 8.07. The molecule has 0 aromatic rings. The zero-order valence-corrected chi connectivity index (χ0v) is 4.80. The Morgan fingerprint density at radius 1 is 1.50 bits per heavy atom. The van der Waals surface area contributed by atoms with Crippen LogP contribution in [0.2, 0.25) is 0 Å². The van der Waals surface area contributed by atoms with Crippen LogP contribution in [0.5, 0.6) is 0 Å². The summed E-state index contributed by atoms with van der Waals surface area (Å²) in [4.78, 5) is 4.16. The Balaban J connectivity index is 0.000000490. The number of rotatable bonds is 0. The molecule has 1 heterocycles. The van der Waals surface area contributed by atoms with E-state index in [1.807, 2.05) is 0 Å². The van der Waals surface area contributed by atoms with E-state index in [0.29, 0.717) is 0 Å². The predicted molar refractivity (Wildman–Crippen MR) is 26.1 cm³/mol. The van der Waals surface area contributed by atoms with E-state index in [9.17, 15) is 8.78 Å². The van der Waals surface area contributed by atoms with Gasteiger partial charge in [0.2, 0.25) is 0 Å². The Hall–Kier alpha value is 0.0700. The van der Waals surface area contributed by atoms with Crippen LogP contribution in [-0.2, 0) is 4.84 Å². The summed E-state index contributed by atoms with van der Waals surface area (Å²) < 4.78 is 23.5. The maximum Gasteiger partial charge on any atom is 0.287 e. The highest BCUT2D eigenvalue weighted by Crippen LogP contribution is 2.15. The minimum absolute atomic E-state index is 0. The molecule has 1 aliphatic rings. The molecule has 0 spiro atoms. The normalized spacial score (nSPS) is 24.8. The highest BCUT2D eigenvalue weighted by atomic mass is 35.5. The standard InChI is InChI=1S/C3H5F2NO.ClH/c4-3(5)1-6-7-2-3;/h6H,1-2H2;1H. The van der Waals surface area contributed by atoms with Crippen LogP contribution < -0.4 is 5.48 Å². The molecular formula is C3H6ClF2NO. The van der Waals surface area contributed by atoms with Crippen molar-refractivity contribution in [2.45, 2.75) is 5.92 Å². The summed E-state index contributed by atoms with van der Waals surface area (Å²) in [6.07, 6.45) is 0. The van der Waals surface area contributed by atoms with Crippen LogP contribution in [0.4, 0.5) is 8.78 Å². The summed E-state index contributed by atoms with van der Waals surface area (Å²) in [5.41, 5.74) is 2.06. The lowest BCUT2D eigenvalue weighted by Crippen LogP contribution is -2.21. The largest absolute Gasteiger partial charge is 0.295 e. The average Bonchev–Trinajstić information content (AvgIpc) is 1.84. The van der Waals surface area contributed by atoms with E-state index in [2.05, 4.69) is 10.3 Å². The summed E-state index contributed by atoms with van der Waals surface area (Å²) in [6, 6.07) is 0. The van der Waals surface area contributed by atoms with Crippen molar-refractivity contribution < 1.29 is 13.6 Å². The molecule has 1 N–H and O–H groups in total. The summed E-state index contributed by atoms with van der Waals surface area (Å²) in [7, 11) is 0. The monoisotopic (exact) mass is 145 g/mol. The number of hydroxylamine groups is 1. The minimum atomic E-state index is -2.64. The van der Waals surface area contributed by atoms with E-state index in [0.717, 1.165) is 0 Å². The SMILES string of the molecule is Cl.FC1(F)CNOC1. The fourth-order valence-electron chi connectivity index (χ4n) is 0.364. The topological polar surface area (TPSA) is 21.3 Å². The van der Waals surface area contributed by atoms with Crippen molar-refractivity contribution in [1.82, 2.24) is 5.48 Å². The van der Waals surface area contributed by atoms with Crippen molar-refractivity contribution in [3.63, 3.8) is 0 Å². The third kappa shape index (κ3) is 1.90. The van der Waals surface area contributed by atoms with E-state index >= 15 is 0 Å². The van der Waals surface area contributed by atoms with Gasteiger partial charge in [-0.3, -0.25) is 4.84 Å². The molecule has 0 radical (unpaired) electrons. The molecule has 0 aromatic carbocycles. The molecule has 0 unspecified atom stereocenters. The molecule has 1 rings (SSSR count). The smallest absolute Gasteiger partial charge is 0.287 e. The maximum atomic E-state index is 11.8. The third-order valence-corrected chi connectivity index (χ3v) is 0.716. The molecule has 0 bridgehead atoms. The fraction of sp³-hybridized carbons (Fsp3) is 1.00. The number of halogens is 3. The second-order valence-corrected chi connectivity index (χ2v) is 1.47. The summed E-state index contributed by atoms with van der Waals surface area (Å²) in [5, 5.41) is 0. The molecular weight excluding hydrogens is 139 g/mol. The minimum Gasteiger partial charge on any atom is -0.295 e. The highest BCUT2D eigenvalue weighted by molar-refractivity contribution is 5.85. The van der Waals surface area contributed by atoms with Crippen molar-refractivity contribution in [3.05, 3.63) is 0 Å². The molecule has 1 saturated heterocycles. The summed E-state index contributed by atoms with van der Waals surface area (Å²) in [5.74, 6) is -2.64. The Bertz CT molecular complexity index is 71.7. The zero-order valence-electron chi connectivity index (χ0n) is 3.99. The Morgan fingerprint density at radius 2 is 2.12 bits per heavy atom. The molecule has 2 nitrogen and oxygen atoms in total. The van der Waals surface area contributed by atoms with E-state index in [1.165, 1.54) is 0 Å². The Labute approximate surface area is 51.6 Å². The quantitative estimate of drug-likeness (QED) is 0.539. The van der Waals surface area contributed by atoms with E-state index < -0.39 is 12.5 Å². The molecule has 0 amide bonds. The molecule has 1 aliphatic heterocycles. The van der Waals surface area contributed by atoms with Gasteiger partial charge in [0.25, 0.3) is 5.92 Å². The van der Waals surface area contributed by atoms with Crippen molar-refractivity contribution in [2.75, 3.05) is 13.2 Å². The molecule has 0 aromatic heterocycles. The molecule has 0 atom stereocenters. The highest BCUT2D eigenvalue weighted by Gasteiger charge is 2.34. The van der Waals surface area contributed by atoms with Gasteiger partial charge in [0.15, 0.2) is 0 Å². The molecule has 1 fully saturated rings. The van der Waals surface area contributed by atoms with Crippen LogP contribution in [0, 0.1) is 0 Å². The fourth-order valence-corrected chi connectivity index (χ4v) is 0.364. The van der Waals surface area contributed by atoms with Gasteiger partial charge in [0.05, 0.1) is 6.54 Å². The Morgan fingerprint density at radius 3 is 2.25 bits per heavy atom. The van der Waals surface area contributed by atoms with E-state index in [1.54, 1.807) is 0 Å². The molecule has 0 saturated carbocycles. The number of nitrogens with one attached hydrogen (secondary N) is 1. The van der Waals surface area contributed by atoms with Gasteiger partial charge in [-0.05, 0) is 0 Å². The molecule has 50 valence electrons. The summed E-state index contributed by atoms with van der Waals surface area (Å²) >= 11 is 0. The van der Waals surface area contributed by atoms with Crippen LogP contribution >= 0.6 is 12.4 Å². The second kappa shape index (κ2) is 2.57. The number of hydrogen-bond acceptors (Lipinski definition) is 2. The van der Waals surface area contributed by atoms with Crippen molar-refractivity contribution >= 4 is 12.4 Å². The van der Waals surface area contributed by atoms with Crippen molar-refractivity contribution in [1.29, 1.82) is 0 Å². The van der Waals surface area contributed by atoms with E-state index in [4.69, 9.17) is 0 Å². The second-order valence-electron chi connectivity index (χ2n) is 1.47. The van der Waals surface area contributed by atoms with Crippen molar-refractivity contribution in [2.24, 2.45) is 0 Å². The average molecular weight is 146 g/mol. The van der Waals surface area contributed by atoms with Crippen molar-refractivity contribution in [3.8, 4) is 0 Å². The van der Waals surface area contributed by atoms with Gasteiger partial charge in [-0.15, -0.1) is 12.4 Å². The van der Waals surface area contributed by atoms with E-state index in [-0.39, 0.29) is 19.0 Å². The zero-order chi connectivity index (χ0) is 5.33. The van der Waals surface area contributed by atoms with Crippen LogP contribution in [0.1, 0.15) is 0 Å². The maximum absolute atomic E-state index is 11.8. The first-order valence-electron chi connectivity index (χ1n) is 1.93. The van der Waals surface area contributed by atoms with Gasteiger partial charge >= 0.3 is 0 Å². The predicted octanol–water partition coefficient (Wildman–Crippen LogP) is 0.578. The van der Waals surface area contributed by atoms with Gasteiger partial charge in [-0.25, -0.2) is 8.78 Å².